The Hall–Kier alpha value is -3.41. The van der Waals surface area contributed by atoms with Gasteiger partial charge in [0.2, 0.25) is 5.91 Å². The van der Waals surface area contributed by atoms with Crippen LogP contribution < -0.4 is 15.0 Å². The summed E-state index contributed by atoms with van der Waals surface area (Å²) in [4.78, 5) is 30.8. The number of rotatable bonds is 4. The summed E-state index contributed by atoms with van der Waals surface area (Å²) in [6.07, 6.45) is 1.36. The molecule has 1 aliphatic heterocycles. The first-order chi connectivity index (χ1) is 13.2. The van der Waals surface area contributed by atoms with Crippen molar-refractivity contribution in [2.45, 2.75) is 19.4 Å². The lowest BCUT2D eigenvalue weighted by molar-refractivity contribution is -0.127. The highest BCUT2D eigenvalue weighted by Crippen LogP contribution is 2.30. The number of aromatic nitrogens is 1. The van der Waals surface area contributed by atoms with Gasteiger partial charge in [-0.1, -0.05) is 43.3 Å². The Morgan fingerprint density at radius 1 is 1.19 bits per heavy atom. The van der Waals surface area contributed by atoms with Crippen LogP contribution in [-0.2, 0) is 9.59 Å². The number of fused-ring (bicyclic) bond motifs is 2. The lowest BCUT2D eigenvalue weighted by atomic mass is 10.1. The zero-order valence-corrected chi connectivity index (χ0v) is 14.9. The third-order valence-corrected chi connectivity index (χ3v) is 4.55. The second kappa shape index (κ2) is 7.07. The van der Waals surface area contributed by atoms with E-state index in [1.807, 2.05) is 49.4 Å². The number of amides is 2. The van der Waals surface area contributed by atoms with Gasteiger partial charge < -0.3 is 10.1 Å². The molecule has 1 aromatic heterocycles. The quantitative estimate of drug-likeness (QED) is 0.773. The molecule has 1 unspecified atom stereocenters. The minimum Gasteiger partial charge on any atom is -0.480 e. The number of benzene rings is 2. The van der Waals surface area contributed by atoms with Crippen molar-refractivity contribution in [1.29, 1.82) is 0 Å². The topological polar surface area (TPSA) is 71.5 Å². The number of pyridine rings is 1. The van der Waals surface area contributed by atoms with Gasteiger partial charge in [0.15, 0.2) is 11.9 Å². The highest BCUT2D eigenvalue weighted by molar-refractivity contribution is 6.10. The average Bonchev–Trinajstić information content (AvgIpc) is 2.71. The summed E-state index contributed by atoms with van der Waals surface area (Å²) >= 11 is 0. The molecule has 0 bridgehead atoms. The maximum Gasteiger partial charge on any atom is 0.269 e. The van der Waals surface area contributed by atoms with Crippen molar-refractivity contribution in [2.24, 2.45) is 0 Å². The number of anilines is 2. The third-order valence-electron chi connectivity index (χ3n) is 4.55. The number of hydrogen-bond acceptors (Lipinski definition) is 4. The Labute approximate surface area is 156 Å². The highest BCUT2D eigenvalue weighted by Gasteiger charge is 2.33. The van der Waals surface area contributed by atoms with Gasteiger partial charge in [0.1, 0.15) is 12.3 Å². The van der Waals surface area contributed by atoms with Gasteiger partial charge in [-0.25, -0.2) is 4.98 Å². The predicted octanol–water partition coefficient (Wildman–Crippen LogP) is 3.38. The van der Waals surface area contributed by atoms with Crippen molar-refractivity contribution in [3.8, 4) is 5.75 Å². The molecular formula is C21H19N3O3. The molecule has 0 saturated carbocycles. The highest BCUT2D eigenvalue weighted by atomic mass is 16.5. The van der Waals surface area contributed by atoms with Crippen LogP contribution in [0.2, 0.25) is 0 Å². The summed E-state index contributed by atoms with van der Waals surface area (Å²) < 4.78 is 6.09. The molecule has 1 atom stereocenters. The number of carbonyl (C=O) groups excluding carboxylic acids is 2. The van der Waals surface area contributed by atoms with Gasteiger partial charge >= 0.3 is 0 Å². The van der Waals surface area contributed by atoms with E-state index in [1.54, 1.807) is 18.3 Å². The number of nitrogens with zero attached hydrogens (tertiary/aromatic N) is 2. The van der Waals surface area contributed by atoms with Gasteiger partial charge in [-0.05, 0) is 30.0 Å². The summed E-state index contributed by atoms with van der Waals surface area (Å²) in [5.41, 5.74) is 0.530. The third kappa shape index (κ3) is 3.21. The molecule has 0 radical (unpaired) electrons. The summed E-state index contributed by atoms with van der Waals surface area (Å²) in [5.74, 6) is 0.571. The summed E-state index contributed by atoms with van der Waals surface area (Å²) in [6.45, 7) is 1.81. The largest absolute Gasteiger partial charge is 0.480 e. The molecule has 1 N–H and O–H groups in total. The van der Waals surface area contributed by atoms with E-state index in [4.69, 9.17) is 4.74 Å². The van der Waals surface area contributed by atoms with Crippen LogP contribution >= 0.6 is 0 Å². The smallest absolute Gasteiger partial charge is 0.269 e. The van der Waals surface area contributed by atoms with Gasteiger partial charge in [-0.15, -0.1) is 0 Å². The zero-order valence-electron chi connectivity index (χ0n) is 14.9. The zero-order chi connectivity index (χ0) is 18.8. The first-order valence-electron chi connectivity index (χ1n) is 8.88. The minimum absolute atomic E-state index is 0.0712. The molecule has 6 nitrogen and oxygen atoms in total. The molecule has 6 heteroatoms. The van der Waals surface area contributed by atoms with Crippen molar-refractivity contribution in [3.05, 3.63) is 60.8 Å². The van der Waals surface area contributed by atoms with Crippen LogP contribution in [0.1, 0.15) is 13.3 Å². The molecule has 0 spiro atoms. The van der Waals surface area contributed by atoms with Crippen LogP contribution in [0.15, 0.2) is 60.8 Å². The second-order valence-electron chi connectivity index (χ2n) is 6.34. The van der Waals surface area contributed by atoms with Crippen molar-refractivity contribution in [3.63, 3.8) is 0 Å². The Morgan fingerprint density at radius 3 is 2.85 bits per heavy atom. The van der Waals surface area contributed by atoms with Crippen LogP contribution in [0.5, 0.6) is 5.75 Å². The lowest BCUT2D eigenvalue weighted by Gasteiger charge is -2.30. The van der Waals surface area contributed by atoms with Crippen molar-refractivity contribution in [1.82, 2.24) is 4.98 Å². The van der Waals surface area contributed by atoms with Gasteiger partial charge in [-0.2, -0.15) is 0 Å². The van der Waals surface area contributed by atoms with E-state index in [-0.39, 0.29) is 18.4 Å². The van der Waals surface area contributed by atoms with E-state index in [0.29, 0.717) is 23.7 Å². The van der Waals surface area contributed by atoms with E-state index >= 15 is 0 Å². The number of carbonyl (C=O) groups is 2. The molecule has 27 heavy (non-hydrogen) atoms. The van der Waals surface area contributed by atoms with Gasteiger partial charge in [0.05, 0.1) is 5.69 Å². The van der Waals surface area contributed by atoms with Gasteiger partial charge in [0.25, 0.3) is 5.91 Å². The standard InChI is InChI=1S/C21H19N3O3/c1-2-17(27-18-11-5-8-14-7-3-4-9-15(14)18)21(26)24-13-19(25)23-16-10-6-12-22-20(16)24/h3-12,17H,2,13H2,1H3,(H,23,25). The molecule has 0 fully saturated rings. The molecule has 2 aromatic carbocycles. The number of ether oxygens (including phenoxy) is 1. The van der Waals surface area contributed by atoms with Crippen molar-refractivity contribution < 1.29 is 14.3 Å². The molecule has 3 aromatic rings. The summed E-state index contributed by atoms with van der Waals surface area (Å²) in [5, 5.41) is 4.73. The number of nitrogens with one attached hydrogen (secondary N) is 1. The van der Waals surface area contributed by atoms with Gasteiger partial charge in [0, 0.05) is 11.6 Å². The fraction of sp³-hybridized carbons (Fsp3) is 0.190. The monoisotopic (exact) mass is 361 g/mol. The van der Waals surface area contributed by atoms with E-state index in [2.05, 4.69) is 10.3 Å². The predicted molar refractivity (Wildman–Crippen MR) is 104 cm³/mol. The second-order valence-corrected chi connectivity index (χ2v) is 6.34. The summed E-state index contributed by atoms with van der Waals surface area (Å²) in [7, 11) is 0. The Balaban J connectivity index is 1.65. The van der Waals surface area contributed by atoms with Crippen molar-refractivity contribution >= 4 is 34.1 Å². The van der Waals surface area contributed by atoms with E-state index in [0.717, 1.165) is 10.8 Å². The first kappa shape index (κ1) is 17.0. The minimum atomic E-state index is -0.712. The Kier molecular flexibility index (Phi) is 4.46. The van der Waals surface area contributed by atoms with Gasteiger partial charge in [-0.3, -0.25) is 14.5 Å². The number of hydrogen-bond donors (Lipinski definition) is 1. The molecule has 4 rings (SSSR count). The molecule has 136 valence electrons. The fourth-order valence-electron chi connectivity index (χ4n) is 3.23. The maximum atomic E-state index is 13.2. The van der Waals surface area contributed by atoms with Crippen LogP contribution in [0.4, 0.5) is 11.5 Å². The van der Waals surface area contributed by atoms with E-state index < -0.39 is 6.10 Å². The van der Waals surface area contributed by atoms with Crippen LogP contribution in [-0.4, -0.2) is 29.4 Å². The summed E-state index contributed by atoms with van der Waals surface area (Å²) in [6, 6.07) is 17.1. The maximum absolute atomic E-state index is 13.2. The molecule has 0 aliphatic carbocycles. The van der Waals surface area contributed by atoms with Crippen LogP contribution in [0.25, 0.3) is 10.8 Å². The van der Waals surface area contributed by atoms with Crippen molar-refractivity contribution in [2.75, 3.05) is 16.8 Å². The van der Waals surface area contributed by atoms with Crippen LogP contribution in [0.3, 0.4) is 0 Å². The Bertz CT molecular complexity index is 1010. The normalized spacial score (nSPS) is 14.4. The van der Waals surface area contributed by atoms with E-state index in [1.165, 1.54) is 4.90 Å². The molecule has 1 aliphatic rings. The first-order valence-corrected chi connectivity index (χ1v) is 8.88. The lowest BCUT2D eigenvalue weighted by Crippen LogP contribution is -2.48. The van der Waals surface area contributed by atoms with E-state index in [9.17, 15) is 9.59 Å². The SMILES string of the molecule is CCC(Oc1cccc2ccccc12)C(=O)N1CC(=O)Nc2cccnc21. The van der Waals surface area contributed by atoms with Crippen LogP contribution in [0, 0.1) is 0 Å². The molecule has 2 heterocycles. The molecule has 0 saturated heterocycles. The molecular weight excluding hydrogens is 342 g/mol. The Morgan fingerprint density at radius 2 is 2.00 bits per heavy atom. The average molecular weight is 361 g/mol. The fourth-order valence-corrected chi connectivity index (χ4v) is 3.23. The molecule has 2 amide bonds.